The molecule has 3 rings (SSSR count). The Balaban J connectivity index is 1.74. The molecule has 0 saturated carbocycles. The summed E-state index contributed by atoms with van der Waals surface area (Å²) in [7, 11) is 0. The number of nitrogens with zero attached hydrogens (tertiary/aromatic N) is 2. The van der Waals surface area contributed by atoms with Crippen molar-refractivity contribution in [3.63, 3.8) is 0 Å². The minimum Gasteiger partial charge on any atom is -0.353 e. The topological polar surface area (TPSA) is 69.7 Å². The third-order valence-corrected chi connectivity index (χ3v) is 4.02. The van der Waals surface area contributed by atoms with Gasteiger partial charge in [0.15, 0.2) is 0 Å². The first-order valence-corrected chi connectivity index (χ1v) is 7.02. The number of hydrogen-bond acceptors (Lipinski definition) is 3. The number of rotatable bonds is 2. The molecule has 1 aromatic rings. The molecule has 0 aromatic heterocycles. The second-order valence-corrected chi connectivity index (χ2v) is 5.38. The van der Waals surface area contributed by atoms with Crippen LogP contribution in [0.2, 0.25) is 0 Å². The van der Waals surface area contributed by atoms with Crippen molar-refractivity contribution in [1.82, 2.24) is 15.1 Å². The second-order valence-electron chi connectivity index (χ2n) is 5.38. The van der Waals surface area contributed by atoms with Crippen LogP contribution in [0.3, 0.4) is 0 Å². The molecule has 2 aliphatic rings. The van der Waals surface area contributed by atoms with Crippen LogP contribution in [0.15, 0.2) is 24.3 Å². The molecule has 1 aromatic carbocycles. The van der Waals surface area contributed by atoms with Crippen LogP contribution in [-0.4, -0.2) is 53.2 Å². The van der Waals surface area contributed by atoms with E-state index in [9.17, 15) is 14.4 Å². The molecule has 110 valence electrons. The molecule has 6 heteroatoms. The lowest BCUT2D eigenvalue weighted by atomic mass is 10.1. The van der Waals surface area contributed by atoms with E-state index < -0.39 is 6.04 Å². The second kappa shape index (κ2) is 5.20. The van der Waals surface area contributed by atoms with Gasteiger partial charge in [-0.3, -0.25) is 14.4 Å². The molecule has 0 aliphatic carbocycles. The van der Waals surface area contributed by atoms with Gasteiger partial charge in [0, 0.05) is 25.2 Å². The summed E-state index contributed by atoms with van der Waals surface area (Å²) in [6, 6.07) is 6.83. The quantitative estimate of drug-likeness (QED) is 0.831. The van der Waals surface area contributed by atoms with Crippen molar-refractivity contribution in [3.05, 3.63) is 35.4 Å². The Morgan fingerprint density at radius 1 is 1.24 bits per heavy atom. The first-order valence-electron chi connectivity index (χ1n) is 7.02. The molecule has 1 saturated heterocycles. The van der Waals surface area contributed by atoms with Gasteiger partial charge in [0.05, 0.1) is 6.54 Å². The number of piperazine rings is 1. The van der Waals surface area contributed by atoms with Crippen LogP contribution in [0.4, 0.5) is 0 Å². The number of hydrogen-bond donors (Lipinski definition) is 1. The fourth-order valence-electron chi connectivity index (χ4n) is 2.81. The average molecular weight is 287 g/mol. The first-order chi connectivity index (χ1) is 10.1. The van der Waals surface area contributed by atoms with Crippen molar-refractivity contribution in [1.29, 1.82) is 0 Å². The van der Waals surface area contributed by atoms with Gasteiger partial charge in [-0.15, -0.1) is 0 Å². The maximum atomic E-state index is 12.5. The van der Waals surface area contributed by atoms with Crippen molar-refractivity contribution in [2.45, 2.75) is 19.5 Å². The molecular formula is C15H17N3O3. The van der Waals surface area contributed by atoms with Gasteiger partial charge in [0.25, 0.3) is 5.91 Å². The highest BCUT2D eigenvalue weighted by molar-refractivity contribution is 6.01. The van der Waals surface area contributed by atoms with E-state index >= 15 is 0 Å². The zero-order valence-electron chi connectivity index (χ0n) is 11.8. The summed E-state index contributed by atoms with van der Waals surface area (Å²) in [6.07, 6.45) is 0. The van der Waals surface area contributed by atoms with Crippen LogP contribution in [0.25, 0.3) is 0 Å². The molecule has 0 spiro atoms. The molecule has 1 fully saturated rings. The van der Waals surface area contributed by atoms with Crippen molar-refractivity contribution in [3.8, 4) is 0 Å². The van der Waals surface area contributed by atoms with E-state index in [-0.39, 0.29) is 24.3 Å². The third kappa shape index (κ3) is 2.37. The molecule has 2 heterocycles. The van der Waals surface area contributed by atoms with Gasteiger partial charge in [-0.25, -0.2) is 0 Å². The number of carbonyl (C=O) groups is 3. The molecule has 2 aliphatic heterocycles. The summed E-state index contributed by atoms with van der Waals surface area (Å²) in [4.78, 5) is 39.3. The fraction of sp³-hybridized carbons (Fsp3) is 0.400. The van der Waals surface area contributed by atoms with E-state index in [2.05, 4.69) is 5.32 Å². The number of fused-ring (bicyclic) bond motifs is 1. The Bertz CT molecular complexity index is 614. The summed E-state index contributed by atoms with van der Waals surface area (Å²) < 4.78 is 0. The minimum absolute atomic E-state index is 0.0676. The number of nitrogens with one attached hydrogen (secondary N) is 1. The highest BCUT2D eigenvalue weighted by atomic mass is 16.2. The van der Waals surface area contributed by atoms with E-state index in [4.69, 9.17) is 0 Å². The zero-order valence-corrected chi connectivity index (χ0v) is 11.8. The standard InChI is InChI=1S/C15H17N3O3/c1-10(14(20)17-7-6-16-13(19)9-17)18-8-11-4-2-3-5-12(11)15(18)21/h2-5,10H,6-9H2,1H3,(H,16,19). The summed E-state index contributed by atoms with van der Waals surface area (Å²) in [5.74, 6) is -0.447. The highest BCUT2D eigenvalue weighted by Gasteiger charge is 2.36. The van der Waals surface area contributed by atoms with E-state index in [1.54, 1.807) is 17.9 Å². The summed E-state index contributed by atoms with van der Waals surface area (Å²) in [5.41, 5.74) is 1.60. The monoisotopic (exact) mass is 287 g/mol. The van der Waals surface area contributed by atoms with E-state index in [1.165, 1.54) is 4.90 Å². The Labute approximate surface area is 122 Å². The number of amides is 3. The molecule has 6 nitrogen and oxygen atoms in total. The molecule has 21 heavy (non-hydrogen) atoms. The van der Waals surface area contributed by atoms with Gasteiger partial charge in [0.1, 0.15) is 6.04 Å². The summed E-state index contributed by atoms with van der Waals surface area (Å²) >= 11 is 0. The molecule has 1 unspecified atom stereocenters. The zero-order chi connectivity index (χ0) is 15.0. The maximum absolute atomic E-state index is 12.5. The van der Waals surface area contributed by atoms with Gasteiger partial charge in [-0.1, -0.05) is 18.2 Å². The first kappa shape index (κ1) is 13.6. The van der Waals surface area contributed by atoms with Gasteiger partial charge in [0.2, 0.25) is 11.8 Å². The van der Waals surface area contributed by atoms with Crippen molar-refractivity contribution in [2.24, 2.45) is 0 Å². The molecule has 0 radical (unpaired) electrons. The SMILES string of the molecule is CC(C(=O)N1CCNC(=O)C1)N1Cc2ccccc2C1=O. The van der Waals surface area contributed by atoms with Crippen LogP contribution < -0.4 is 5.32 Å². The molecule has 0 bridgehead atoms. The molecular weight excluding hydrogens is 270 g/mol. The lowest BCUT2D eigenvalue weighted by Gasteiger charge is -2.32. The van der Waals surface area contributed by atoms with Crippen LogP contribution >= 0.6 is 0 Å². The Morgan fingerprint density at radius 3 is 2.71 bits per heavy atom. The van der Waals surface area contributed by atoms with E-state index in [0.29, 0.717) is 25.2 Å². The van der Waals surface area contributed by atoms with Gasteiger partial charge >= 0.3 is 0 Å². The molecule has 3 amide bonds. The number of carbonyl (C=O) groups excluding carboxylic acids is 3. The van der Waals surface area contributed by atoms with Crippen LogP contribution in [-0.2, 0) is 16.1 Å². The van der Waals surface area contributed by atoms with E-state index in [0.717, 1.165) is 5.56 Å². The predicted octanol–water partition coefficient (Wildman–Crippen LogP) is -0.0107. The summed E-state index contributed by atoms with van der Waals surface area (Å²) in [5, 5.41) is 2.68. The van der Waals surface area contributed by atoms with Gasteiger partial charge in [-0.2, -0.15) is 0 Å². The van der Waals surface area contributed by atoms with E-state index in [1.807, 2.05) is 18.2 Å². The Kier molecular flexibility index (Phi) is 3.37. The smallest absolute Gasteiger partial charge is 0.255 e. The average Bonchev–Trinajstić information content (AvgIpc) is 2.83. The van der Waals surface area contributed by atoms with Crippen LogP contribution in [0.5, 0.6) is 0 Å². The lowest BCUT2D eigenvalue weighted by molar-refractivity contribution is -0.141. The predicted molar refractivity (Wildman–Crippen MR) is 75.4 cm³/mol. The van der Waals surface area contributed by atoms with Crippen molar-refractivity contribution >= 4 is 17.7 Å². The highest BCUT2D eigenvalue weighted by Crippen LogP contribution is 2.24. The van der Waals surface area contributed by atoms with Crippen molar-refractivity contribution in [2.75, 3.05) is 19.6 Å². The fourth-order valence-corrected chi connectivity index (χ4v) is 2.81. The Morgan fingerprint density at radius 2 is 2.00 bits per heavy atom. The number of benzene rings is 1. The lowest BCUT2D eigenvalue weighted by Crippen LogP contribution is -2.55. The van der Waals surface area contributed by atoms with Gasteiger partial charge in [-0.05, 0) is 18.6 Å². The molecule has 1 atom stereocenters. The third-order valence-electron chi connectivity index (χ3n) is 4.02. The van der Waals surface area contributed by atoms with Crippen molar-refractivity contribution < 1.29 is 14.4 Å². The normalized spacial score (nSPS) is 19.3. The largest absolute Gasteiger partial charge is 0.353 e. The molecule has 1 N–H and O–H groups in total. The van der Waals surface area contributed by atoms with Crippen LogP contribution in [0, 0.1) is 0 Å². The van der Waals surface area contributed by atoms with Crippen LogP contribution in [0.1, 0.15) is 22.8 Å². The van der Waals surface area contributed by atoms with Gasteiger partial charge < -0.3 is 15.1 Å². The summed E-state index contributed by atoms with van der Waals surface area (Å²) in [6.45, 7) is 3.19. The Hall–Kier alpha value is -2.37. The minimum atomic E-state index is -0.559. The maximum Gasteiger partial charge on any atom is 0.255 e.